The van der Waals surface area contributed by atoms with Crippen LogP contribution in [0.5, 0.6) is 0 Å². The number of rotatable bonds is 3. The van der Waals surface area contributed by atoms with Crippen molar-refractivity contribution >= 4 is 38.3 Å². The molecule has 1 aromatic heterocycles. The van der Waals surface area contributed by atoms with Crippen LogP contribution in [0.25, 0.3) is 10.2 Å². The van der Waals surface area contributed by atoms with Crippen LogP contribution in [0, 0.1) is 0 Å². The number of benzene rings is 1. The monoisotopic (exact) mass is 212 g/mol. The Morgan fingerprint density at radius 1 is 1.38 bits per heavy atom. The first-order valence-electron chi connectivity index (χ1n) is 4.05. The van der Waals surface area contributed by atoms with Gasteiger partial charge in [-0.1, -0.05) is 23.5 Å². The van der Waals surface area contributed by atoms with E-state index in [1.165, 1.54) is 4.70 Å². The van der Waals surface area contributed by atoms with Gasteiger partial charge in [-0.3, -0.25) is 0 Å². The van der Waals surface area contributed by atoms with Crippen molar-refractivity contribution in [1.82, 2.24) is 4.98 Å². The van der Waals surface area contributed by atoms with Crippen LogP contribution in [0.1, 0.15) is 0 Å². The van der Waals surface area contributed by atoms with Gasteiger partial charge in [-0.05, 0) is 12.1 Å². The topological polar surface area (TPSA) is 24.9 Å². The van der Waals surface area contributed by atoms with E-state index in [1.54, 1.807) is 11.3 Å². The predicted molar refractivity (Wildman–Crippen MR) is 58.8 cm³/mol. The molecule has 0 radical (unpaired) electrons. The van der Waals surface area contributed by atoms with Crippen molar-refractivity contribution in [3.05, 3.63) is 24.3 Å². The van der Waals surface area contributed by atoms with Gasteiger partial charge in [0.1, 0.15) is 0 Å². The van der Waals surface area contributed by atoms with Crippen molar-refractivity contribution in [2.75, 3.05) is 17.7 Å². The molecule has 0 fully saturated rings. The number of hydrogen-bond donors (Lipinski definition) is 1. The fourth-order valence-electron chi connectivity index (χ4n) is 1.10. The van der Waals surface area contributed by atoms with Crippen LogP contribution in [0.3, 0.4) is 0 Å². The fraction of sp³-hybridized carbons (Fsp3) is 0.222. The molecule has 68 valence electrons. The van der Waals surface area contributed by atoms with E-state index >= 15 is 0 Å². The van der Waals surface area contributed by atoms with Gasteiger partial charge in [-0.15, -0.1) is 11.6 Å². The molecule has 0 saturated carbocycles. The molecule has 1 N–H and O–H groups in total. The highest BCUT2D eigenvalue weighted by Gasteiger charge is 2.00. The molecule has 13 heavy (non-hydrogen) atoms. The molecule has 2 aromatic rings. The van der Waals surface area contributed by atoms with Crippen molar-refractivity contribution in [3.63, 3.8) is 0 Å². The molecule has 0 aliphatic carbocycles. The lowest BCUT2D eigenvalue weighted by atomic mass is 10.3. The van der Waals surface area contributed by atoms with E-state index in [1.807, 2.05) is 18.2 Å². The van der Waals surface area contributed by atoms with E-state index in [9.17, 15) is 0 Å². The number of halogens is 1. The van der Waals surface area contributed by atoms with Gasteiger partial charge < -0.3 is 5.32 Å². The van der Waals surface area contributed by atoms with Crippen LogP contribution in [-0.4, -0.2) is 17.4 Å². The second-order valence-electron chi connectivity index (χ2n) is 2.60. The highest BCUT2D eigenvalue weighted by Crippen LogP contribution is 2.24. The lowest BCUT2D eigenvalue weighted by molar-refractivity contribution is 1.21. The maximum atomic E-state index is 5.56. The Morgan fingerprint density at radius 3 is 3.00 bits per heavy atom. The van der Waals surface area contributed by atoms with Gasteiger partial charge >= 0.3 is 0 Å². The Labute approximate surface area is 85.6 Å². The first-order valence-corrected chi connectivity index (χ1v) is 5.40. The summed E-state index contributed by atoms with van der Waals surface area (Å²) in [4.78, 5) is 4.40. The normalized spacial score (nSPS) is 10.5. The molecule has 0 spiro atoms. The SMILES string of the molecule is ClCCNc1nc2ccccc2s1. The fourth-order valence-corrected chi connectivity index (χ4v) is 2.09. The van der Waals surface area contributed by atoms with Crippen LogP contribution >= 0.6 is 22.9 Å². The molecule has 0 aliphatic heterocycles. The van der Waals surface area contributed by atoms with Gasteiger partial charge in [0, 0.05) is 12.4 Å². The summed E-state index contributed by atoms with van der Waals surface area (Å²) in [6.07, 6.45) is 0. The zero-order valence-electron chi connectivity index (χ0n) is 6.96. The van der Waals surface area contributed by atoms with Crippen LogP contribution in [0.2, 0.25) is 0 Å². The number of thiazole rings is 1. The Morgan fingerprint density at radius 2 is 2.23 bits per heavy atom. The Balaban J connectivity index is 2.28. The smallest absolute Gasteiger partial charge is 0.183 e. The molecule has 2 rings (SSSR count). The van der Waals surface area contributed by atoms with Crippen molar-refractivity contribution in [3.8, 4) is 0 Å². The zero-order valence-corrected chi connectivity index (χ0v) is 8.53. The van der Waals surface area contributed by atoms with Crippen LogP contribution in [0.4, 0.5) is 5.13 Å². The van der Waals surface area contributed by atoms with Crippen LogP contribution < -0.4 is 5.32 Å². The number of fused-ring (bicyclic) bond motifs is 1. The lowest BCUT2D eigenvalue weighted by Crippen LogP contribution is -2.01. The summed E-state index contributed by atoms with van der Waals surface area (Å²) in [5, 5.41) is 4.11. The first-order chi connectivity index (χ1) is 6.40. The average molecular weight is 213 g/mol. The summed E-state index contributed by atoms with van der Waals surface area (Å²) >= 11 is 7.22. The van der Waals surface area contributed by atoms with Gasteiger partial charge in [0.05, 0.1) is 10.2 Å². The highest BCUT2D eigenvalue weighted by atomic mass is 35.5. The van der Waals surface area contributed by atoms with E-state index in [0.717, 1.165) is 17.2 Å². The third kappa shape index (κ3) is 1.92. The number of alkyl halides is 1. The summed E-state index contributed by atoms with van der Waals surface area (Å²) in [6, 6.07) is 8.09. The molecule has 1 heterocycles. The summed E-state index contributed by atoms with van der Waals surface area (Å²) in [6.45, 7) is 0.765. The van der Waals surface area contributed by atoms with Crippen molar-refractivity contribution in [2.24, 2.45) is 0 Å². The highest BCUT2D eigenvalue weighted by molar-refractivity contribution is 7.22. The van der Waals surface area contributed by atoms with Crippen molar-refractivity contribution in [2.45, 2.75) is 0 Å². The minimum Gasteiger partial charge on any atom is -0.360 e. The molecule has 0 amide bonds. The number of para-hydroxylation sites is 1. The number of nitrogens with zero attached hydrogens (tertiary/aromatic N) is 1. The molecule has 2 nitrogen and oxygen atoms in total. The minimum absolute atomic E-state index is 0.607. The summed E-state index contributed by atoms with van der Waals surface area (Å²) in [7, 11) is 0. The van der Waals surface area contributed by atoms with Gasteiger partial charge in [0.15, 0.2) is 5.13 Å². The number of anilines is 1. The molecule has 1 aromatic carbocycles. The third-order valence-electron chi connectivity index (χ3n) is 1.66. The number of nitrogens with one attached hydrogen (secondary N) is 1. The maximum absolute atomic E-state index is 5.56. The molecule has 0 aliphatic rings. The molecule has 0 atom stereocenters. The molecule has 4 heteroatoms. The molecule has 0 bridgehead atoms. The summed E-state index contributed by atoms with van der Waals surface area (Å²) < 4.78 is 1.21. The molecule has 0 saturated heterocycles. The quantitative estimate of drug-likeness (QED) is 0.792. The van der Waals surface area contributed by atoms with Crippen molar-refractivity contribution in [1.29, 1.82) is 0 Å². The van der Waals surface area contributed by atoms with E-state index < -0.39 is 0 Å². The zero-order chi connectivity index (χ0) is 9.10. The van der Waals surface area contributed by atoms with Crippen molar-refractivity contribution < 1.29 is 0 Å². The van der Waals surface area contributed by atoms with E-state index in [4.69, 9.17) is 11.6 Å². The minimum atomic E-state index is 0.607. The van der Waals surface area contributed by atoms with Gasteiger partial charge in [-0.2, -0.15) is 0 Å². The van der Waals surface area contributed by atoms with Crippen LogP contribution in [-0.2, 0) is 0 Å². The largest absolute Gasteiger partial charge is 0.360 e. The van der Waals surface area contributed by atoms with Gasteiger partial charge in [0.25, 0.3) is 0 Å². The standard InChI is InChI=1S/C9H9ClN2S/c10-5-6-11-9-12-7-3-1-2-4-8(7)13-9/h1-4H,5-6H2,(H,11,12). The Bertz CT molecular complexity index is 366. The second-order valence-corrected chi connectivity index (χ2v) is 4.01. The Hall–Kier alpha value is -0.800. The average Bonchev–Trinajstić information content (AvgIpc) is 2.57. The molecule has 0 unspecified atom stereocenters. The van der Waals surface area contributed by atoms with Gasteiger partial charge in [-0.25, -0.2) is 4.98 Å². The summed E-state index contributed by atoms with van der Waals surface area (Å²) in [5.41, 5.74) is 1.05. The van der Waals surface area contributed by atoms with E-state index in [-0.39, 0.29) is 0 Å². The molecular formula is C9H9ClN2S. The number of aromatic nitrogens is 1. The van der Waals surface area contributed by atoms with Gasteiger partial charge in [0.2, 0.25) is 0 Å². The van der Waals surface area contributed by atoms with Crippen LogP contribution in [0.15, 0.2) is 24.3 Å². The maximum Gasteiger partial charge on any atom is 0.183 e. The predicted octanol–water partition coefficient (Wildman–Crippen LogP) is 2.95. The van der Waals surface area contributed by atoms with E-state index in [2.05, 4.69) is 16.4 Å². The summed E-state index contributed by atoms with van der Waals surface area (Å²) in [5.74, 6) is 0.607. The lowest BCUT2D eigenvalue weighted by Gasteiger charge is -1.94. The first kappa shape index (κ1) is 8.78. The van der Waals surface area contributed by atoms with E-state index in [0.29, 0.717) is 5.88 Å². The third-order valence-corrected chi connectivity index (χ3v) is 2.85. The molecular weight excluding hydrogens is 204 g/mol. The number of hydrogen-bond acceptors (Lipinski definition) is 3. The second kappa shape index (κ2) is 3.94. The Kier molecular flexibility index (Phi) is 2.66.